The third kappa shape index (κ3) is 4.95. The number of esters is 1. The molecule has 1 aromatic carbocycles. The third-order valence-corrected chi connectivity index (χ3v) is 6.74. The summed E-state index contributed by atoms with van der Waals surface area (Å²) in [6, 6.07) is 4.46. The second-order valence-corrected chi connectivity index (χ2v) is 9.46. The van der Waals surface area contributed by atoms with Crippen LogP contribution in [-0.4, -0.2) is 48.0 Å². The van der Waals surface area contributed by atoms with Crippen molar-refractivity contribution in [2.45, 2.75) is 53.0 Å². The van der Waals surface area contributed by atoms with Gasteiger partial charge in [-0.1, -0.05) is 19.9 Å². The van der Waals surface area contributed by atoms with Crippen molar-refractivity contribution in [3.63, 3.8) is 0 Å². The summed E-state index contributed by atoms with van der Waals surface area (Å²) in [5.41, 5.74) is 3.08. The maximum Gasteiger partial charge on any atom is 0.341 e. The Morgan fingerprint density at radius 2 is 2.12 bits per heavy atom. The first-order valence-corrected chi connectivity index (χ1v) is 11.7. The van der Waals surface area contributed by atoms with Gasteiger partial charge in [0.2, 0.25) is 0 Å². The van der Waals surface area contributed by atoms with Crippen LogP contribution in [-0.2, 0) is 28.9 Å². The number of halogens is 1. The van der Waals surface area contributed by atoms with E-state index in [4.69, 9.17) is 14.6 Å². The molecule has 4 rings (SSSR count). The number of nitrogens with zero attached hydrogens (tertiary/aromatic N) is 2. The average molecular weight is 458 g/mol. The monoisotopic (exact) mass is 457 g/mol. The van der Waals surface area contributed by atoms with E-state index in [-0.39, 0.29) is 29.4 Å². The Morgan fingerprint density at radius 1 is 1.36 bits per heavy atom. The first kappa shape index (κ1) is 23.4. The highest BCUT2D eigenvalue weighted by molar-refractivity contribution is 5.97. The molecular formula is C25H32FN3O4. The molecule has 2 aliphatic rings. The standard InChI is InChI=1S/C25H32FN3O4/c1-4-20-22-21(12-25(15-27-23(22)30)7-9-32-10-8-25)29(28-20)13-17(3)14-33-24(31)18-6-5-16(2)11-19(18)26/h5-6,11,17H,4,7-10,12-15H2,1-3H3,(H,27,30)/t17-/m1/s1. The van der Waals surface area contributed by atoms with Crippen molar-refractivity contribution in [1.29, 1.82) is 0 Å². The normalized spacial score (nSPS) is 18.4. The second-order valence-electron chi connectivity index (χ2n) is 9.46. The Morgan fingerprint density at radius 3 is 2.82 bits per heavy atom. The van der Waals surface area contributed by atoms with Gasteiger partial charge in [-0.2, -0.15) is 5.10 Å². The molecule has 0 aliphatic carbocycles. The Kier molecular flexibility index (Phi) is 6.83. The predicted octanol–water partition coefficient (Wildman–Crippen LogP) is 3.47. The predicted molar refractivity (Wildman–Crippen MR) is 121 cm³/mol. The summed E-state index contributed by atoms with van der Waals surface area (Å²) < 4.78 is 27.0. The summed E-state index contributed by atoms with van der Waals surface area (Å²) in [7, 11) is 0. The van der Waals surface area contributed by atoms with Crippen molar-refractivity contribution in [3.05, 3.63) is 52.1 Å². The summed E-state index contributed by atoms with van der Waals surface area (Å²) >= 11 is 0. The van der Waals surface area contributed by atoms with Crippen molar-refractivity contribution < 1.29 is 23.5 Å². The minimum atomic E-state index is -0.673. The molecule has 1 fully saturated rings. The van der Waals surface area contributed by atoms with E-state index < -0.39 is 11.8 Å². The number of ether oxygens (including phenoxy) is 2. The van der Waals surface area contributed by atoms with E-state index >= 15 is 0 Å². The second kappa shape index (κ2) is 9.63. The lowest BCUT2D eigenvalue weighted by Gasteiger charge is -2.36. The fourth-order valence-corrected chi connectivity index (χ4v) is 4.75. The van der Waals surface area contributed by atoms with E-state index in [1.807, 2.05) is 18.5 Å². The molecule has 7 nitrogen and oxygen atoms in total. The zero-order valence-corrected chi connectivity index (χ0v) is 19.6. The lowest BCUT2D eigenvalue weighted by atomic mass is 9.76. The number of carbonyl (C=O) groups is 2. The number of hydrogen-bond acceptors (Lipinski definition) is 5. The molecular weight excluding hydrogens is 425 g/mol. The van der Waals surface area contributed by atoms with Crippen molar-refractivity contribution in [1.82, 2.24) is 15.1 Å². The number of fused-ring (bicyclic) bond motifs is 1. The van der Waals surface area contributed by atoms with Crippen LogP contribution < -0.4 is 5.32 Å². The molecule has 1 aromatic heterocycles. The third-order valence-electron chi connectivity index (χ3n) is 6.74. The van der Waals surface area contributed by atoms with Gasteiger partial charge in [0.15, 0.2) is 0 Å². The Bertz CT molecular complexity index is 1040. The lowest BCUT2D eigenvalue weighted by molar-refractivity contribution is 0.0151. The molecule has 1 N–H and O–H groups in total. The average Bonchev–Trinajstić information content (AvgIpc) is 3.06. The summed E-state index contributed by atoms with van der Waals surface area (Å²) in [6.45, 7) is 8.39. The first-order chi connectivity index (χ1) is 15.8. The SMILES string of the molecule is CCc1nn(C[C@@H](C)COC(=O)c2ccc(C)cc2F)c2c1C(=O)NCC1(CCOCC1)C2. The van der Waals surface area contributed by atoms with E-state index in [1.54, 1.807) is 13.0 Å². The molecule has 2 aromatic rings. The van der Waals surface area contributed by atoms with Crippen molar-refractivity contribution in [3.8, 4) is 0 Å². The van der Waals surface area contributed by atoms with Gasteiger partial charge in [0.05, 0.1) is 29.1 Å². The van der Waals surface area contributed by atoms with Gasteiger partial charge in [-0.05, 0) is 55.7 Å². The van der Waals surface area contributed by atoms with Crippen molar-refractivity contribution in [2.24, 2.45) is 11.3 Å². The Balaban J connectivity index is 1.50. The summed E-state index contributed by atoms with van der Waals surface area (Å²) in [6.07, 6.45) is 3.22. The molecule has 8 heteroatoms. The van der Waals surface area contributed by atoms with Crippen molar-refractivity contribution in [2.75, 3.05) is 26.4 Å². The number of nitrogens with one attached hydrogen (secondary N) is 1. The summed E-state index contributed by atoms with van der Waals surface area (Å²) in [4.78, 5) is 25.3. The van der Waals surface area contributed by atoms with Crippen LogP contribution in [0.15, 0.2) is 18.2 Å². The Hall–Kier alpha value is -2.74. The highest BCUT2D eigenvalue weighted by atomic mass is 19.1. The topological polar surface area (TPSA) is 82.5 Å². The van der Waals surface area contributed by atoms with E-state index in [0.29, 0.717) is 38.3 Å². The molecule has 0 radical (unpaired) electrons. The van der Waals surface area contributed by atoms with Gasteiger partial charge < -0.3 is 14.8 Å². The summed E-state index contributed by atoms with van der Waals surface area (Å²) in [5, 5.41) is 7.87. The van der Waals surface area contributed by atoms with Gasteiger partial charge >= 0.3 is 5.97 Å². The van der Waals surface area contributed by atoms with E-state index in [1.165, 1.54) is 12.1 Å². The number of hydrogen-bond donors (Lipinski definition) is 1. The molecule has 0 saturated carbocycles. The Labute approximate surface area is 193 Å². The van der Waals surface area contributed by atoms with Gasteiger partial charge in [-0.15, -0.1) is 0 Å². The van der Waals surface area contributed by atoms with Crippen LogP contribution in [0, 0.1) is 24.1 Å². The van der Waals surface area contributed by atoms with Crippen LogP contribution in [0.2, 0.25) is 0 Å². The van der Waals surface area contributed by atoms with Gasteiger partial charge in [0.1, 0.15) is 5.82 Å². The van der Waals surface area contributed by atoms with Gasteiger partial charge in [-0.3, -0.25) is 9.48 Å². The zero-order valence-electron chi connectivity index (χ0n) is 19.6. The number of aryl methyl sites for hydroxylation is 2. The van der Waals surface area contributed by atoms with Crippen LogP contribution in [0.1, 0.15) is 64.4 Å². The van der Waals surface area contributed by atoms with Crippen LogP contribution in [0.5, 0.6) is 0 Å². The minimum Gasteiger partial charge on any atom is -0.462 e. The first-order valence-electron chi connectivity index (χ1n) is 11.7. The van der Waals surface area contributed by atoms with E-state index in [9.17, 15) is 14.0 Å². The molecule has 2 aliphatic heterocycles. The maximum atomic E-state index is 14.1. The van der Waals surface area contributed by atoms with E-state index in [2.05, 4.69) is 5.32 Å². The molecule has 1 amide bonds. The maximum absolute atomic E-state index is 14.1. The fraction of sp³-hybridized carbons (Fsp3) is 0.560. The molecule has 1 spiro atoms. The van der Waals surface area contributed by atoms with E-state index in [0.717, 1.165) is 36.2 Å². The smallest absolute Gasteiger partial charge is 0.341 e. The quantitative estimate of drug-likeness (QED) is 0.672. The van der Waals surface area contributed by atoms with Crippen LogP contribution in [0.3, 0.4) is 0 Å². The molecule has 0 unspecified atom stereocenters. The van der Waals surface area contributed by atoms with Crippen LogP contribution in [0.25, 0.3) is 0 Å². The molecule has 3 heterocycles. The van der Waals surface area contributed by atoms with Gasteiger partial charge in [0.25, 0.3) is 5.91 Å². The number of benzene rings is 1. The molecule has 33 heavy (non-hydrogen) atoms. The van der Waals surface area contributed by atoms with Crippen LogP contribution >= 0.6 is 0 Å². The number of rotatable bonds is 6. The molecule has 178 valence electrons. The molecule has 1 saturated heterocycles. The molecule has 1 atom stereocenters. The summed E-state index contributed by atoms with van der Waals surface area (Å²) in [5.74, 6) is -1.38. The number of carbonyl (C=O) groups excluding carboxylic acids is 2. The lowest BCUT2D eigenvalue weighted by Crippen LogP contribution is -2.41. The van der Waals surface area contributed by atoms with Crippen LogP contribution in [0.4, 0.5) is 4.39 Å². The largest absolute Gasteiger partial charge is 0.462 e. The zero-order chi connectivity index (χ0) is 23.6. The molecule has 0 bridgehead atoms. The van der Waals surface area contributed by atoms with Gasteiger partial charge in [0, 0.05) is 32.2 Å². The highest BCUT2D eigenvalue weighted by Crippen LogP contribution is 2.37. The highest BCUT2D eigenvalue weighted by Gasteiger charge is 2.39. The fourth-order valence-electron chi connectivity index (χ4n) is 4.75. The number of aromatic nitrogens is 2. The minimum absolute atomic E-state index is 0.0272. The van der Waals surface area contributed by atoms with Crippen molar-refractivity contribution >= 4 is 11.9 Å². The number of amides is 1. The van der Waals surface area contributed by atoms with Gasteiger partial charge in [-0.25, -0.2) is 9.18 Å².